The summed E-state index contributed by atoms with van der Waals surface area (Å²) in [5.74, 6) is 1.63. The van der Waals surface area contributed by atoms with Crippen LogP contribution < -0.4 is 9.64 Å². The van der Waals surface area contributed by atoms with Crippen molar-refractivity contribution in [2.75, 3.05) is 100.0 Å². The van der Waals surface area contributed by atoms with Gasteiger partial charge < -0.3 is 38.9 Å². The molecule has 0 saturated carbocycles. The Morgan fingerprint density at radius 1 is 0.655 bits per heavy atom. The van der Waals surface area contributed by atoms with Crippen molar-refractivity contribution < 1.29 is 40.7 Å². The van der Waals surface area contributed by atoms with Crippen LogP contribution in [0, 0.1) is 22.7 Å². The summed E-state index contributed by atoms with van der Waals surface area (Å²) in [7, 11) is -6.03. The van der Waals surface area contributed by atoms with E-state index in [1.54, 1.807) is 14.7 Å². The molecule has 8 saturated heterocycles. The average molecular weight is 851 g/mol. The van der Waals surface area contributed by atoms with Crippen molar-refractivity contribution in [1.29, 1.82) is 0 Å². The molecule has 1 aromatic carbocycles. The van der Waals surface area contributed by atoms with E-state index in [9.17, 15) is 31.2 Å². The highest BCUT2D eigenvalue weighted by Gasteiger charge is 2.50. The summed E-state index contributed by atoms with van der Waals surface area (Å²) in [4.78, 5) is 50.5. The zero-order valence-corrected chi connectivity index (χ0v) is 37.4. The largest absolute Gasteiger partial charge is 0.494 e. The standard InChI is InChI=1S/C22H33N3O4S.C19H33N3O5S/c1-4-29-19-7-5-18(6-8-19)25-15-17-13-22(2,3)20(25)16-24(14-17)21(26)23-9-11-30(27,28)12-10-23;1-18(2,3)27-17(24)22-12-14-10-19(4,5)15(22)13-21(11-14)16(23)20-6-8-28(25,26)9-7-20/h5-8,17,20H,4,9-16H2,1-3H3;14-15H,6-13H2,1-5H3/t17-,20?;14-,15?/m11/s1. The maximum Gasteiger partial charge on any atom is 0.410 e. The van der Waals surface area contributed by atoms with Gasteiger partial charge in [-0.25, -0.2) is 31.2 Å². The average Bonchev–Trinajstić information content (AvgIpc) is 3.54. The highest BCUT2D eigenvalue weighted by atomic mass is 32.2. The van der Waals surface area contributed by atoms with E-state index in [2.05, 4.69) is 44.7 Å². The van der Waals surface area contributed by atoms with Gasteiger partial charge in [0.25, 0.3) is 0 Å². The number of fused-ring (bicyclic) bond motifs is 8. The van der Waals surface area contributed by atoms with Crippen molar-refractivity contribution in [1.82, 2.24) is 24.5 Å². The smallest absolute Gasteiger partial charge is 0.410 e. The maximum atomic E-state index is 13.2. The van der Waals surface area contributed by atoms with E-state index in [0.717, 1.165) is 31.7 Å². The van der Waals surface area contributed by atoms with Gasteiger partial charge in [-0.15, -0.1) is 0 Å². The molecule has 8 aliphatic heterocycles. The highest BCUT2D eigenvalue weighted by Crippen LogP contribution is 2.44. The molecule has 58 heavy (non-hydrogen) atoms. The lowest BCUT2D eigenvalue weighted by molar-refractivity contribution is -0.0204. The van der Waals surface area contributed by atoms with Gasteiger partial charge in [0, 0.05) is 71.1 Å². The molecule has 9 rings (SSSR count). The summed E-state index contributed by atoms with van der Waals surface area (Å²) in [6, 6.07) is 8.22. The molecular formula is C41H66N6O9S2. The Hall–Kier alpha value is -3.47. The van der Waals surface area contributed by atoms with E-state index in [0.29, 0.717) is 51.8 Å². The number of hydrogen-bond acceptors (Lipinski definition) is 10. The first-order chi connectivity index (χ1) is 27.0. The number of piperidine rings is 2. The third kappa shape index (κ3) is 10.3. The number of benzene rings is 1. The van der Waals surface area contributed by atoms with Crippen molar-refractivity contribution in [3.8, 4) is 5.75 Å². The second-order valence-corrected chi connectivity index (χ2v) is 24.1. The molecule has 326 valence electrons. The Kier molecular flexibility index (Phi) is 12.6. The lowest BCUT2D eigenvalue weighted by atomic mass is 9.73. The van der Waals surface area contributed by atoms with Crippen LogP contribution in [0.25, 0.3) is 0 Å². The number of carbonyl (C=O) groups excluding carboxylic acids is 3. The molecule has 0 spiro atoms. The first-order valence-electron chi connectivity index (χ1n) is 20.9. The number of nitrogens with zero attached hydrogens (tertiary/aromatic N) is 6. The Labute approximate surface area is 346 Å². The molecule has 0 aliphatic carbocycles. The summed E-state index contributed by atoms with van der Waals surface area (Å²) >= 11 is 0. The van der Waals surface area contributed by atoms with Crippen molar-refractivity contribution in [3.05, 3.63) is 24.3 Å². The molecule has 8 heterocycles. The molecule has 17 heteroatoms. The number of hydrogen-bond donors (Lipinski definition) is 0. The van der Waals surface area contributed by atoms with Gasteiger partial charge >= 0.3 is 18.2 Å². The van der Waals surface area contributed by atoms with Gasteiger partial charge in [-0.2, -0.15) is 0 Å². The molecule has 15 nitrogen and oxygen atoms in total. The number of sulfone groups is 2. The molecule has 4 atom stereocenters. The predicted molar refractivity (Wildman–Crippen MR) is 224 cm³/mol. The number of amides is 5. The van der Waals surface area contributed by atoms with Gasteiger partial charge in [0.1, 0.15) is 11.4 Å². The van der Waals surface area contributed by atoms with Crippen LogP contribution in [0.3, 0.4) is 0 Å². The van der Waals surface area contributed by atoms with Crippen LogP contribution in [0.1, 0.15) is 68.2 Å². The van der Waals surface area contributed by atoms with Crippen molar-refractivity contribution >= 4 is 43.5 Å². The van der Waals surface area contributed by atoms with E-state index in [1.807, 2.05) is 49.6 Å². The molecule has 1 aromatic rings. The Bertz CT molecular complexity index is 1870. The van der Waals surface area contributed by atoms with Gasteiger partial charge in [0.05, 0.1) is 41.7 Å². The molecule has 8 fully saturated rings. The number of carbonyl (C=O) groups is 3. The molecule has 0 radical (unpaired) electrons. The van der Waals surface area contributed by atoms with Crippen LogP contribution >= 0.6 is 0 Å². The maximum absolute atomic E-state index is 13.2. The monoisotopic (exact) mass is 850 g/mol. The van der Waals surface area contributed by atoms with Crippen molar-refractivity contribution in [2.45, 2.75) is 85.9 Å². The quantitative estimate of drug-likeness (QED) is 0.431. The number of ether oxygens (including phenoxy) is 2. The predicted octanol–water partition coefficient (Wildman–Crippen LogP) is 4.28. The second kappa shape index (κ2) is 16.5. The first kappa shape index (κ1) is 44.1. The molecule has 0 aromatic heterocycles. The fourth-order valence-corrected chi connectivity index (χ4v) is 12.3. The third-order valence-electron chi connectivity index (χ3n) is 12.7. The molecule has 5 amide bonds. The van der Waals surface area contributed by atoms with Gasteiger partial charge in [-0.3, -0.25) is 0 Å². The Morgan fingerprint density at radius 2 is 1.10 bits per heavy atom. The van der Waals surface area contributed by atoms with Crippen LogP contribution in [0.2, 0.25) is 0 Å². The van der Waals surface area contributed by atoms with Gasteiger partial charge in [-0.1, -0.05) is 27.7 Å². The van der Waals surface area contributed by atoms with Gasteiger partial charge in [-0.05, 0) is 87.5 Å². The Balaban J connectivity index is 0.000000196. The van der Waals surface area contributed by atoms with E-state index in [4.69, 9.17) is 9.47 Å². The Morgan fingerprint density at radius 3 is 1.57 bits per heavy atom. The SMILES string of the molecule is CC(C)(C)OC(=O)N1C[C@H]2CN(C(=O)N3CCS(=O)(=O)CC3)CC1C(C)(C)C2.CCOc1ccc(N2C[C@H]3CN(C(=O)N4CCS(=O)(=O)CC4)CC2C(C)(C)C3)cc1. The number of urea groups is 2. The van der Waals surface area contributed by atoms with Crippen LogP contribution in [0.15, 0.2) is 24.3 Å². The third-order valence-corrected chi connectivity index (χ3v) is 15.9. The molecule has 4 bridgehead atoms. The van der Waals surface area contributed by atoms with E-state index in [1.165, 1.54) is 5.69 Å². The zero-order valence-electron chi connectivity index (χ0n) is 35.8. The van der Waals surface area contributed by atoms with Crippen molar-refractivity contribution in [2.24, 2.45) is 22.7 Å². The zero-order chi connectivity index (χ0) is 42.4. The summed E-state index contributed by atoms with van der Waals surface area (Å²) in [5, 5.41) is 0. The van der Waals surface area contributed by atoms with Crippen LogP contribution in [-0.2, 0) is 24.4 Å². The normalized spacial score (nSPS) is 28.5. The van der Waals surface area contributed by atoms with Gasteiger partial charge in [0.15, 0.2) is 19.7 Å². The van der Waals surface area contributed by atoms with Crippen LogP contribution in [0.5, 0.6) is 5.75 Å². The fourth-order valence-electron chi connectivity index (χ4n) is 9.90. The molecule has 8 aliphatic rings. The summed E-state index contributed by atoms with van der Waals surface area (Å²) < 4.78 is 58.0. The summed E-state index contributed by atoms with van der Waals surface area (Å²) in [5.41, 5.74) is 0.559. The fraction of sp³-hybridized carbons (Fsp3) is 0.780. The van der Waals surface area contributed by atoms with Crippen LogP contribution in [0.4, 0.5) is 20.1 Å². The molecule has 2 unspecified atom stereocenters. The number of anilines is 1. The lowest BCUT2D eigenvalue weighted by Gasteiger charge is -2.48. The number of rotatable bonds is 3. The molecular weight excluding hydrogens is 785 g/mol. The minimum absolute atomic E-state index is 0.00820. The van der Waals surface area contributed by atoms with Crippen molar-refractivity contribution in [3.63, 3.8) is 0 Å². The van der Waals surface area contributed by atoms with E-state index < -0.39 is 25.3 Å². The minimum Gasteiger partial charge on any atom is -0.494 e. The van der Waals surface area contributed by atoms with Gasteiger partial charge in [0.2, 0.25) is 0 Å². The summed E-state index contributed by atoms with van der Waals surface area (Å²) in [6.45, 7) is 22.1. The van der Waals surface area contributed by atoms with Crippen LogP contribution in [-0.4, -0.2) is 172 Å². The molecule has 0 N–H and O–H groups in total. The lowest BCUT2D eigenvalue weighted by Crippen LogP contribution is -2.57. The summed E-state index contributed by atoms with van der Waals surface area (Å²) in [6.07, 6.45) is 1.70. The minimum atomic E-state index is -3.03. The topological polar surface area (TPSA) is 157 Å². The van der Waals surface area contributed by atoms with E-state index >= 15 is 0 Å². The highest BCUT2D eigenvalue weighted by molar-refractivity contribution is 7.91. The van der Waals surface area contributed by atoms with E-state index in [-0.39, 0.29) is 83.1 Å². The second-order valence-electron chi connectivity index (χ2n) is 19.5. The first-order valence-corrected chi connectivity index (χ1v) is 24.6.